The molecule has 0 amide bonds. The Morgan fingerprint density at radius 3 is 0.896 bits per heavy atom. The summed E-state index contributed by atoms with van der Waals surface area (Å²) in [5.41, 5.74) is 0. The van der Waals surface area contributed by atoms with Crippen molar-refractivity contribution in [2.45, 2.75) is 219 Å². The average Bonchev–Trinajstić information content (AvgIpc) is 3.33. The molecular weight excluding hydrogens is 829 g/mol. The molecule has 0 fully saturated rings. The minimum atomic E-state index is -0.819. The molecule has 0 aromatic rings. The molecule has 0 aromatic heterocycles. The molecule has 376 valence electrons. The van der Waals surface area contributed by atoms with Crippen LogP contribution in [0.5, 0.6) is 0 Å². The van der Waals surface area contributed by atoms with Crippen molar-refractivity contribution >= 4 is 17.9 Å². The number of unbranched alkanes of at least 4 members (excludes halogenated alkanes) is 13. The number of allylic oxidation sites excluding steroid dienone is 22. The molecule has 0 saturated heterocycles. The molecule has 0 aliphatic rings. The van der Waals surface area contributed by atoms with Crippen LogP contribution in [0.2, 0.25) is 0 Å². The lowest BCUT2D eigenvalue weighted by atomic mass is 10.1. The van der Waals surface area contributed by atoms with E-state index in [2.05, 4.69) is 154 Å². The predicted octanol–water partition coefficient (Wildman–Crippen LogP) is 17.9. The first-order valence-corrected chi connectivity index (χ1v) is 26.7. The van der Waals surface area contributed by atoms with Gasteiger partial charge in [0.15, 0.2) is 6.10 Å². The van der Waals surface area contributed by atoms with Gasteiger partial charge in [-0.25, -0.2) is 0 Å². The van der Waals surface area contributed by atoms with Gasteiger partial charge in [-0.2, -0.15) is 0 Å². The van der Waals surface area contributed by atoms with Gasteiger partial charge in [0.2, 0.25) is 0 Å². The van der Waals surface area contributed by atoms with Crippen LogP contribution in [-0.2, 0) is 28.6 Å². The zero-order valence-corrected chi connectivity index (χ0v) is 42.9. The highest BCUT2D eigenvalue weighted by atomic mass is 16.6. The van der Waals surface area contributed by atoms with E-state index in [9.17, 15) is 14.4 Å². The molecule has 0 aliphatic heterocycles. The van der Waals surface area contributed by atoms with Crippen molar-refractivity contribution in [3.63, 3.8) is 0 Å². The standard InChI is InChI=1S/C61H96O6/c1-4-7-10-13-16-19-22-25-28-30-33-36-39-42-45-48-51-54-60(63)66-57-58(56-65-59(62)53-50-47-44-41-38-35-32-27-24-21-18-15-12-9-6-3)67-61(64)55-52-49-46-43-40-37-34-31-29-26-23-20-17-14-11-8-5-2/h7-12,16-21,25-29,32-33,36,42,45,58H,4-6,13-15,22-24,30-31,34-35,37-41,43-44,46-57H2,1-3H3/b10-7-,11-8-,12-9-,19-16-,20-17-,21-18-,28-25-,29-26-,32-27-,36-33-,45-42-. The van der Waals surface area contributed by atoms with Gasteiger partial charge in [0.05, 0.1) is 0 Å². The van der Waals surface area contributed by atoms with Crippen LogP contribution in [0.4, 0.5) is 0 Å². The molecule has 0 radical (unpaired) electrons. The molecule has 6 heteroatoms. The number of hydrogen-bond acceptors (Lipinski definition) is 6. The number of hydrogen-bond donors (Lipinski definition) is 0. The fraction of sp³-hybridized carbons (Fsp3) is 0.590. The zero-order chi connectivity index (χ0) is 48.6. The Morgan fingerprint density at radius 2 is 0.552 bits per heavy atom. The van der Waals surface area contributed by atoms with E-state index in [1.807, 2.05) is 0 Å². The molecule has 0 heterocycles. The van der Waals surface area contributed by atoms with E-state index in [1.54, 1.807) is 0 Å². The minimum Gasteiger partial charge on any atom is -0.462 e. The largest absolute Gasteiger partial charge is 0.462 e. The van der Waals surface area contributed by atoms with Gasteiger partial charge in [-0.05, 0) is 122 Å². The highest BCUT2D eigenvalue weighted by Crippen LogP contribution is 2.13. The van der Waals surface area contributed by atoms with E-state index < -0.39 is 6.10 Å². The second kappa shape index (κ2) is 54.2. The number of carbonyl (C=O) groups excluding carboxylic acids is 3. The van der Waals surface area contributed by atoms with E-state index in [4.69, 9.17) is 14.2 Å². The lowest BCUT2D eigenvalue weighted by molar-refractivity contribution is -0.167. The van der Waals surface area contributed by atoms with Crippen molar-refractivity contribution in [3.05, 3.63) is 134 Å². The van der Waals surface area contributed by atoms with Gasteiger partial charge in [-0.1, -0.05) is 206 Å². The maximum Gasteiger partial charge on any atom is 0.306 e. The summed E-state index contributed by atoms with van der Waals surface area (Å²) in [4.78, 5) is 38.1. The van der Waals surface area contributed by atoms with Crippen LogP contribution < -0.4 is 0 Å². The Labute approximate surface area is 411 Å². The van der Waals surface area contributed by atoms with Crippen molar-refractivity contribution in [2.24, 2.45) is 0 Å². The quantitative estimate of drug-likeness (QED) is 0.0262. The first-order valence-electron chi connectivity index (χ1n) is 26.7. The van der Waals surface area contributed by atoms with Crippen molar-refractivity contribution in [2.75, 3.05) is 13.2 Å². The summed E-state index contributed by atoms with van der Waals surface area (Å²) in [5, 5.41) is 0. The molecule has 0 bridgehead atoms. The number of rotatable bonds is 46. The number of carbonyl (C=O) groups is 3. The molecule has 1 unspecified atom stereocenters. The maximum absolute atomic E-state index is 12.8. The Balaban J connectivity index is 4.55. The van der Waals surface area contributed by atoms with Crippen LogP contribution in [-0.4, -0.2) is 37.2 Å². The molecule has 0 aliphatic carbocycles. The SMILES string of the molecule is CC/C=C\C/C=C\C/C=C\C/C=C\C/C=C\CCCC(=O)OCC(COC(=O)CCCCCCC/C=C\C/C=C\C/C=C\CC)OC(=O)CCCCCCCCC/C=C\C/C=C\C/C=C\CC. The molecular formula is C61H96O6. The number of ether oxygens (including phenoxy) is 3. The molecule has 67 heavy (non-hydrogen) atoms. The second-order valence-electron chi connectivity index (χ2n) is 17.0. The fourth-order valence-electron chi connectivity index (χ4n) is 6.74. The summed E-state index contributed by atoms with van der Waals surface area (Å²) in [6.45, 7) is 6.21. The molecule has 1 atom stereocenters. The van der Waals surface area contributed by atoms with Gasteiger partial charge >= 0.3 is 17.9 Å². The molecule has 0 rings (SSSR count). The lowest BCUT2D eigenvalue weighted by Gasteiger charge is -2.18. The van der Waals surface area contributed by atoms with Crippen molar-refractivity contribution < 1.29 is 28.6 Å². The molecule has 6 nitrogen and oxygen atoms in total. The van der Waals surface area contributed by atoms with Crippen molar-refractivity contribution in [1.29, 1.82) is 0 Å². The second-order valence-corrected chi connectivity index (χ2v) is 17.0. The fourth-order valence-corrected chi connectivity index (χ4v) is 6.74. The van der Waals surface area contributed by atoms with Gasteiger partial charge < -0.3 is 14.2 Å². The Hall–Kier alpha value is -4.45. The van der Waals surface area contributed by atoms with E-state index in [1.165, 1.54) is 19.3 Å². The van der Waals surface area contributed by atoms with Gasteiger partial charge in [0, 0.05) is 19.3 Å². The highest BCUT2D eigenvalue weighted by Gasteiger charge is 2.19. The van der Waals surface area contributed by atoms with Crippen molar-refractivity contribution in [1.82, 2.24) is 0 Å². The van der Waals surface area contributed by atoms with Gasteiger partial charge in [0.25, 0.3) is 0 Å². The normalized spacial score (nSPS) is 13.2. The van der Waals surface area contributed by atoms with Crippen LogP contribution in [0.25, 0.3) is 0 Å². The Morgan fingerprint density at radius 1 is 0.299 bits per heavy atom. The van der Waals surface area contributed by atoms with E-state index >= 15 is 0 Å². The summed E-state index contributed by atoms with van der Waals surface area (Å²) in [5.74, 6) is -1.01. The van der Waals surface area contributed by atoms with E-state index in [0.29, 0.717) is 19.3 Å². The summed E-state index contributed by atoms with van der Waals surface area (Å²) < 4.78 is 16.8. The number of esters is 3. The third kappa shape index (κ3) is 52.4. The molecule has 0 spiro atoms. The van der Waals surface area contributed by atoms with Crippen LogP contribution in [0.15, 0.2) is 134 Å². The van der Waals surface area contributed by atoms with Crippen LogP contribution in [0.3, 0.4) is 0 Å². The topological polar surface area (TPSA) is 78.9 Å². The molecule has 0 N–H and O–H groups in total. The Bertz CT molecular complexity index is 1480. The smallest absolute Gasteiger partial charge is 0.306 e. The first-order chi connectivity index (χ1) is 33.0. The third-order valence-electron chi connectivity index (χ3n) is 10.6. The van der Waals surface area contributed by atoms with Crippen LogP contribution >= 0.6 is 0 Å². The highest BCUT2D eigenvalue weighted by molar-refractivity contribution is 5.71. The first kappa shape index (κ1) is 62.5. The summed E-state index contributed by atoms with van der Waals surface area (Å²) >= 11 is 0. The zero-order valence-electron chi connectivity index (χ0n) is 42.9. The minimum absolute atomic E-state index is 0.114. The third-order valence-corrected chi connectivity index (χ3v) is 10.6. The Kier molecular flexibility index (Phi) is 50.6. The summed E-state index contributed by atoms with van der Waals surface area (Å²) in [6.07, 6.45) is 75.8. The lowest BCUT2D eigenvalue weighted by Crippen LogP contribution is -2.30. The predicted molar refractivity (Wildman–Crippen MR) is 288 cm³/mol. The van der Waals surface area contributed by atoms with Gasteiger partial charge in [0.1, 0.15) is 13.2 Å². The monoisotopic (exact) mass is 925 g/mol. The maximum atomic E-state index is 12.8. The molecule has 0 aromatic carbocycles. The van der Waals surface area contributed by atoms with Gasteiger partial charge in [-0.3, -0.25) is 14.4 Å². The summed E-state index contributed by atoms with van der Waals surface area (Å²) in [7, 11) is 0. The molecule has 0 saturated carbocycles. The average molecular weight is 925 g/mol. The van der Waals surface area contributed by atoms with E-state index in [-0.39, 0.29) is 37.5 Å². The summed E-state index contributed by atoms with van der Waals surface area (Å²) in [6, 6.07) is 0. The van der Waals surface area contributed by atoms with Crippen LogP contribution in [0, 0.1) is 0 Å². The van der Waals surface area contributed by atoms with E-state index in [0.717, 1.165) is 148 Å². The van der Waals surface area contributed by atoms with Gasteiger partial charge in [-0.15, -0.1) is 0 Å². The van der Waals surface area contributed by atoms with Crippen molar-refractivity contribution in [3.8, 4) is 0 Å². The van der Waals surface area contributed by atoms with Crippen LogP contribution in [0.1, 0.15) is 213 Å².